The maximum atomic E-state index is 12.9. The van der Waals surface area contributed by atoms with E-state index in [0.717, 1.165) is 16.9 Å². The van der Waals surface area contributed by atoms with Crippen LogP contribution in [0.15, 0.2) is 48.5 Å². The van der Waals surface area contributed by atoms with Gasteiger partial charge >= 0.3 is 0 Å². The van der Waals surface area contributed by atoms with Crippen LogP contribution >= 0.6 is 23.4 Å². The van der Waals surface area contributed by atoms with E-state index in [-0.39, 0.29) is 17.6 Å². The molecule has 2 aromatic rings. The molecule has 0 bridgehead atoms. The van der Waals surface area contributed by atoms with E-state index in [0.29, 0.717) is 17.3 Å². The number of hydrogen-bond donors (Lipinski definition) is 1. The van der Waals surface area contributed by atoms with E-state index in [1.165, 1.54) is 11.8 Å². The lowest BCUT2D eigenvalue weighted by Crippen LogP contribution is -2.47. The molecular formula is C21H25ClN2O3S. The Morgan fingerprint density at radius 2 is 1.86 bits per heavy atom. The zero-order chi connectivity index (χ0) is 20.5. The predicted molar refractivity (Wildman–Crippen MR) is 115 cm³/mol. The summed E-state index contributed by atoms with van der Waals surface area (Å²) in [6.07, 6.45) is 0. The first-order valence-electron chi connectivity index (χ1n) is 8.91. The van der Waals surface area contributed by atoms with Gasteiger partial charge in [0.1, 0.15) is 11.8 Å². The van der Waals surface area contributed by atoms with Crippen LogP contribution in [0.3, 0.4) is 0 Å². The van der Waals surface area contributed by atoms with Gasteiger partial charge < -0.3 is 15.0 Å². The van der Waals surface area contributed by atoms with Gasteiger partial charge in [0.15, 0.2) is 0 Å². The van der Waals surface area contributed by atoms with Gasteiger partial charge in [0, 0.05) is 24.4 Å². The summed E-state index contributed by atoms with van der Waals surface area (Å²) in [6, 6.07) is 14.5. The molecule has 0 aromatic heterocycles. The van der Waals surface area contributed by atoms with Crippen molar-refractivity contribution in [1.29, 1.82) is 0 Å². The molecule has 5 nitrogen and oxygen atoms in total. The maximum absolute atomic E-state index is 12.9. The Morgan fingerprint density at radius 3 is 2.46 bits per heavy atom. The van der Waals surface area contributed by atoms with Gasteiger partial charge in [-0.25, -0.2) is 0 Å². The van der Waals surface area contributed by atoms with E-state index in [9.17, 15) is 9.59 Å². The van der Waals surface area contributed by atoms with Crippen LogP contribution < -0.4 is 10.1 Å². The van der Waals surface area contributed by atoms with Gasteiger partial charge in [0.05, 0.1) is 12.9 Å². The Kier molecular flexibility index (Phi) is 8.67. The van der Waals surface area contributed by atoms with E-state index in [1.807, 2.05) is 48.5 Å². The second-order valence-corrected chi connectivity index (χ2v) is 7.64. The summed E-state index contributed by atoms with van der Waals surface area (Å²) in [5.41, 5.74) is 1.92. The fraction of sp³-hybridized carbons (Fsp3) is 0.333. The lowest BCUT2D eigenvalue weighted by atomic mass is 10.1. The molecule has 0 saturated carbocycles. The fourth-order valence-electron chi connectivity index (χ4n) is 2.67. The van der Waals surface area contributed by atoms with E-state index in [1.54, 1.807) is 26.0 Å². The second kappa shape index (κ2) is 11.0. The Balaban J connectivity index is 2.05. The minimum Gasteiger partial charge on any atom is -0.497 e. The molecule has 28 heavy (non-hydrogen) atoms. The van der Waals surface area contributed by atoms with Crippen molar-refractivity contribution in [2.45, 2.75) is 25.3 Å². The van der Waals surface area contributed by atoms with Crippen LogP contribution in [0.25, 0.3) is 0 Å². The van der Waals surface area contributed by atoms with E-state index < -0.39 is 6.04 Å². The summed E-state index contributed by atoms with van der Waals surface area (Å²) in [7, 11) is 3.18. The number of likely N-dealkylation sites (N-methyl/N-ethyl adjacent to an activating group) is 1. The topological polar surface area (TPSA) is 58.6 Å². The molecule has 0 heterocycles. The van der Waals surface area contributed by atoms with Crippen molar-refractivity contribution in [2.75, 3.05) is 19.9 Å². The molecule has 1 N–H and O–H groups in total. The van der Waals surface area contributed by atoms with E-state index >= 15 is 0 Å². The third-order valence-corrected chi connectivity index (χ3v) is 5.70. The number of nitrogens with zero attached hydrogens (tertiary/aromatic N) is 1. The van der Waals surface area contributed by atoms with Crippen molar-refractivity contribution in [2.24, 2.45) is 0 Å². The third kappa shape index (κ3) is 6.17. The average Bonchev–Trinajstić information content (AvgIpc) is 2.72. The highest BCUT2D eigenvalue weighted by atomic mass is 35.5. The molecule has 2 aromatic carbocycles. The van der Waals surface area contributed by atoms with Crippen molar-refractivity contribution in [1.82, 2.24) is 10.2 Å². The highest BCUT2D eigenvalue weighted by Crippen LogP contribution is 2.22. The first-order chi connectivity index (χ1) is 13.5. The summed E-state index contributed by atoms with van der Waals surface area (Å²) in [4.78, 5) is 26.6. The molecular weight excluding hydrogens is 396 g/mol. The van der Waals surface area contributed by atoms with Crippen molar-refractivity contribution >= 4 is 35.2 Å². The lowest BCUT2D eigenvalue weighted by Gasteiger charge is -2.28. The maximum Gasteiger partial charge on any atom is 0.242 e. The largest absolute Gasteiger partial charge is 0.497 e. The van der Waals surface area contributed by atoms with Crippen molar-refractivity contribution in [3.05, 3.63) is 64.7 Å². The first kappa shape index (κ1) is 22.1. The van der Waals surface area contributed by atoms with Crippen LogP contribution in [0.2, 0.25) is 5.02 Å². The summed E-state index contributed by atoms with van der Waals surface area (Å²) >= 11 is 7.66. The molecule has 150 valence electrons. The summed E-state index contributed by atoms with van der Waals surface area (Å²) in [5, 5.41) is 3.31. The molecule has 7 heteroatoms. The molecule has 1 unspecified atom stereocenters. The van der Waals surface area contributed by atoms with E-state index in [2.05, 4.69) is 5.32 Å². The van der Waals surface area contributed by atoms with Crippen molar-refractivity contribution in [3.8, 4) is 5.75 Å². The lowest BCUT2D eigenvalue weighted by molar-refractivity contribution is -0.138. The molecule has 0 fully saturated rings. The highest BCUT2D eigenvalue weighted by Gasteiger charge is 2.25. The number of rotatable bonds is 9. The minimum atomic E-state index is -0.569. The van der Waals surface area contributed by atoms with Crippen LogP contribution in [-0.2, 0) is 21.9 Å². The number of amides is 2. The quantitative estimate of drug-likeness (QED) is 0.671. The number of nitrogens with one attached hydrogen (secondary N) is 1. The van der Waals surface area contributed by atoms with Crippen LogP contribution in [0, 0.1) is 0 Å². The van der Waals surface area contributed by atoms with Crippen molar-refractivity contribution < 1.29 is 14.3 Å². The zero-order valence-corrected chi connectivity index (χ0v) is 17.8. The standard InChI is InChI=1S/C21H25ClN2O3S/c1-15(21(26)23-2)24(12-16-8-10-18(27-3)11-9-16)20(25)14-28-13-17-6-4-5-7-19(17)22/h4-11,15H,12-14H2,1-3H3,(H,23,26). The number of thioether (sulfide) groups is 1. The molecule has 2 amide bonds. The van der Waals surface area contributed by atoms with Gasteiger partial charge in [-0.1, -0.05) is 41.9 Å². The highest BCUT2D eigenvalue weighted by molar-refractivity contribution is 7.99. The molecule has 0 saturated heterocycles. The SMILES string of the molecule is CNC(=O)C(C)N(Cc1ccc(OC)cc1)C(=O)CSCc1ccccc1Cl. The summed E-state index contributed by atoms with van der Waals surface area (Å²) in [5.74, 6) is 1.36. The Hall–Kier alpha value is -2.18. The molecule has 0 aliphatic heterocycles. The molecule has 0 spiro atoms. The van der Waals surface area contributed by atoms with Gasteiger partial charge in [0.25, 0.3) is 0 Å². The molecule has 2 rings (SSSR count). The minimum absolute atomic E-state index is 0.0935. The number of carbonyl (C=O) groups is 2. The fourth-order valence-corrected chi connectivity index (χ4v) is 3.86. The number of halogens is 1. The molecule has 0 aliphatic rings. The molecule has 0 aliphatic carbocycles. The van der Waals surface area contributed by atoms with Crippen LogP contribution in [0.4, 0.5) is 0 Å². The normalized spacial score (nSPS) is 11.6. The van der Waals surface area contributed by atoms with Gasteiger partial charge in [-0.3, -0.25) is 9.59 Å². The van der Waals surface area contributed by atoms with Gasteiger partial charge in [0.2, 0.25) is 11.8 Å². The Bertz CT molecular complexity index is 798. The summed E-state index contributed by atoms with van der Waals surface area (Å²) in [6.45, 7) is 2.09. The van der Waals surface area contributed by atoms with Crippen LogP contribution in [0.1, 0.15) is 18.1 Å². The predicted octanol–water partition coefficient (Wildman–Crippen LogP) is 3.75. The van der Waals surface area contributed by atoms with Gasteiger partial charge in [-0.15, -0.1) is 11.8 Å². The Labute approximate surface area is 175 Å². The molecule has 0 radical (unpaired) electrons. The van der Waals surface area contributed by atoms with Gasteiger partial charge in [-0.2, -0.15) is 0 Å². The second-order valence-electron chi connectivity index (χ2n) is 6.24. The number of ether oxygens (including phenoxy) is 1. The zero-order valence-electron chi connectivity index (χ0n) is 16.3. The first-order valence-corrected chi connectivity index (χ1v) is 10.4. The number of hydrogen-bond acceptors (Lipinski definition) is 4. The third-order valence-electron chi connectivity index (χ3n) is 4.37. The van der Waals surface area contributed by atoms with E-state index in [4.69, 9.17) is 16.3 Å². The molecule has 1 atom stereocenters. The van der Waals surface area contributed by atoms with Gasteiger partial charge in [-0.05, 0) is 36.2 Å². The number of carbonyl (C=O) groups excluding carboxylic acids is 2. The van der Waals surface area contributed by atoms with Crippen LogP contribution in [-0.4, -0.2) is 42.7 Å². The monoisotopic (exact) mass is 420 g/mol. The Morgan fingerprint density at radius 1 is 1.18 bits per heavy atom. The number of methoxy groups -OCH3 is 1. The average molecular weight is 421 g/mol. The van der Waals surface area contributed by atoms with Crippen molar-refractivity contribution in [3.63, 3.8) is 0 Å². The smallest absolute Gasteiger partial charge is 0.242 e. The summed E-state index contributed by atoms with van der Waals surface area (Å²) < 4.78 is 5.17. The van der Waals surface area contributed by atoms with Crippen LogP contribution in [0.5, 0.6) is 5.75 Å². The number of benzene rings is 2.